The molecule has 116 valence electrons. The van der Waals surface area contributed by atoms with Gasteiger partial charge in [-0.05, 0) is 58.7 Å². The molecule has 0 unspecified atom stereocenters. The lowest BCUT2D eigenvalue weighted by atomic mass is 10.1. The molecule has 0 saturated carbocycles. The van der Waals surface area contributed by atoms with Gasteiger partial charge in [-0.1, -0.05) is 17.7 Å². The molecule has 0 aliphatic heterocycles. The number of amides is 2. The van der Waals surface area contributed by atoms with Crippen LogP contribution in [0.5, 0.6) is 0 Å². The van der Waals surface area contributed by atoms with Gasteiger partial charge in [0.05, 0.1) is 10.7 Å². The lowest BCUT2D eigenvalue weighted by Gasteiger charge is -2.34. The topological polar surface area (TPSA) is 49.4 Å². The zero-order valence-corrected chi connectivity index (χ0v) is 14.3. The Morgan fingerprint density at radius 3 is 2.24 bits per heavy atom. The average Bonchev–Trinajstić information content (AvgIpc) is 2.32. The van der Waals surface area contributed by atoms with Crippen LogP contribution < -0.4 is 5.32 Å². The summed E-state index contributed by atoms with van der Waals surface area (Å²) in [5.74, 6) is -1.22. The van der Waals surface area contributed by atoms with Crippen LogP contribution in [0.25, 0.3) is 0 Å². The Labute approximate surface area is 131 Å². The summed E-state index contributed by atoms with van der Waals surface area (Å²) in [5.41, 5.74) is 1.92. The largest absolute Gasteiger partial charge is 0.330 e. The molecule has 0 saturated heterocycles. The summed E-state index contributed by atoms with van der Waals surface area (Å²) in [7, 11) is 0. The molecule has 1 aromatic rings. The molecule has 2 amide bonds. The van der Waals surface area contributed by atoms with Gasteiger partial charge in [-0.2, -0.15) is 0 Å². The molecular formula is C16H23ClN2O2. The number of aryl methyl sites for hydroxylation is 2. The molecule has 0 aliphatic carbocycles. The van der Waals surface area contributed by atoms with Crippen LogP contribution in [0.2, 0.25) is 5.02 Å². The zero-order chi connectivity index (χ0) is 16.4. The van der Waals surface area contributed by atoms with Crippen molar-refractivity contribution in [3.63, 3.8) is 0 Å². The fraction of sp³-hybridized carbons (Fsp3) is 0.500. The molecule has 0 heterocycles. The SMILES string of the molecule is CCN(C(=O)C(=O)Nc1c(C)cc(C)cc1Cl)C(C)(C)C. The highest BCUT2D eigenvalue weighted by atomic mass is 35.5. The average molecular weight is 311 g/mol. The quantitative estimate of drug-likeness (QED) is 0.849. The van der Waals surface area contributed by atoms with E-state index in [0.29, 0.717) is 17.3 Å². The van der Waals surface area contributed by atoms with Gasteiger partial charge in [-0.25, -0.2) is 0 Å². The maximum absolute atomic E-state index is 12.3. The summed E-state index contributed by atoms with van der Waals surface area (Å²) in [6.45, 7) is 11.8. The molecule has 0 bridgehead atoms. The van der Waals surface area contributed by atoms with Crippen molar-refractivity contribution in [3.8, 4) is 0 Å². The van der Waals surface area contributed by atoms with Gasteiger partial charge in [-0.3, -0.25) is 9.59 Å². The van der Waals surface area contributed by atoms with E-state index in [9.17, 15) is 9.59 Å². The highest BCUT2D eigenvalue weighted by molar-refractivity contribution is 6.41. The maximum Gasteiger partial charge on any atom is 0.313 e. The van der Waals surface area contributed by atoms with E-state index in [1.165, 1.54) is 4.90 Å². The number of nitrogens with one attached hydrogen (secondary N) is 1. The lowest BCUT2D eigenvalue weighted by molar-refractivity contribution is -0.146. The summed E-state index contributed by atoms with van der Waals surface area (Å²) < 4.78 is 0. The van der Waals surface area contributed by atoms with Gasteiger partial charge in [0.2, 0.25) is 0 Å². The minimum atomic E-state index is -0.666. The van der Waals surface area contributed by atoms with Crippen LogP contribution in [-0.4, -0.2) is 28.8 Å². The van der Waals surface area contributed by atoms with E-state index in [1.807, 2.05) is 47.6 Å². The van der Waals surface area contributed by atoms with E-state index in [0.717, 1.165) is 11.1 Å². The Balaban J connectivity index is 2.99. The van der Waals surface area contributed by atoms with E-state index in [1.54, 1.807) is 6.07 Å². The van der Waals surface area contributed by atoms with Crippen molar-refractivity contribution in [2.24, 2.45) is 0 Å². The van der Waals surface area contributed by atoms with Crippen LogP contribution in [0.4, 0.5) is 5.69 Å². The van der Waals surface area contributed by atoms with Crippen LogP contribution in [0.3, 0.4) is 0 Å². The molecule has 5 heteroatoms. The van der Waals surface area contributed by atoms with Crippen molar-refractivity contribution in [3.05, 3.63) is 28.3 Å². The third kappa shape index (κ3) is 4.21. The van der Waals surface area contributed by atoms with Crippen LogP contribution in [0.15, 0.2) is 12.1 Å². The van der Waals surface area contributed by atoms with E-state index < -0.39 is 17.4 Å². The van der Waals surface area contributed by atoms with Crippen LogP contribution in [0, 0.1) is 13.8 Å². The first-order valence-electron chi connectivity index (χ1n) is 6.97. The van der Waals surface area contributed by atoms with Gasteiger partial charge in [-0.15, -0.1) is 0 Å². The van der Waals surface area contributed by atoms with Crippen LogP contribution >= 0.6 is 11.6 Å². The van der Waals surface area contributed by atoms with Gasteiger partial charge in [0.1, 0.15) is 0 Å². The summed E-state index contributed by atoms with van der Waals surface area (Å²) in [5, 5.41) is 3.07. The Morgan fingerprint density at radius 1 is 1.24 bits per heavy atom. The molecule has 0 spiro atoms. The van der Waals surface area contributed by atoms with Crippen molar-refractivity contribution < 1.29 is 9.59 Å². The predicted octanol–water partition coefficient (Wildman–Crippen LogP) is 3.54. The Hall–Kier alpha value is -1.55. The zero-order valence-electron chi connectivity index (χ0n) is 13.5. The molecule has 0 atom stereocenters. The molecule has 0 aliphatic rings. The number of carbonyl (C=O) groups excluding carboxylic acids is 2. The summed E-state index contributed by atoms with van der Waals surface area (Å²) in [6.07, 6.45) is 0. The highest BCUT2D eigenvalue weighted by Gasteiger charge is 2.30. The molecule has 0 aromatic heterocycles. The fourth-order valence-corrected chi connectivity index (χ4v) is 2.65. The molecule has 0 fully saturated rings. The second kappa shape index (κ2) is 6.48. The number of benzene rings is 1. The third-order valence-corrected chi connectivity index (χ3v) is 3.53. The van der Waals surface area contributed by atoms with Gasteiger partial charge in [0.25, 0.3) is 0 Å². The third-order valence-electron chi connectivity index (χ3n) is 3.24. The van der Waals surface area contributed by atoms with Crippen LogP contribution in [0.1, 0.15) is 38.8 Å². The van der Waals surface area contributed by atoms with Gasteiger partial charge in [0.15, 0.2) is 0 Å². The molecule has 1 aromatic carbocycles. The monoisotopic (exact) mass is 310 g/mol. The van der Waals surface area contributed by atoms with Gasteiger partial charge in [0, 0.05) is 12.1 Å². The maximum atomic E-state index is 12.3. The lowest BCUT2D eigenvalue weighted by Crippen LogP contribution is -2.49. The first kappa shape index (κ1) is 17.5. The minimum absolute atomic E-state index is 0.407. The molecular weight excluding hydrogens is 288 g/mol. The summed E-state index contributed by atoms with van der Waals surface area (Å²) >= 11 is 6.15. The standard InChI is InChI=1S/C16H23ClN2O2/c1-7-19(16(4,5)6)15(21)14(20)18-13-11(3)8-10(2)9-12(13)17/h8-9H,7H2,1-6H3,(H,18,20). The molecule has 21 heavy (non-hydrogen) atoms. The second-order valence-electron chi connectivity index (χ2n) is 6.11. The molecule has 1 rings (SSSR count). The molecule has 4 nitrogen and oxygen atoms in total. The number of carbonyl (C=O) groups is 2. The summed E-state index contributed by atoms with van der Waals surface area (Å²) in [4.78, 5) is 26.0. The van der Waals surface area contributed by atoms with Gasteiger partial charge < -0.3 is 10.2 Å². The smallest absolute Gasteiger partial charge is 0.313 e. The number of hydrogen-bond donors (Lipinski definition) is 1. The van der Waals surface area contributed by atoms with Crippen molar-refractivity contribution >= 4 is 29.1 Å². The van der Waals surface area contributed by atoms with E-state index >= 15 is 0 Å². The number of likely N-dealkylation sites (N-methyl/N-ethyl adjacent to an activating group) is 1. The Morgan fingerprint density at radius 2 is 1.81 bits per heavy atom. The molecule has 0 radical (unpaired) electrons. The predicted molar refractivity (Wildman–Crippen MR) is 86.7 cm³/mol. The first-order chi connectivity index (χ1) is 9.57. The number of nitrogens with zero attached hydrogens (tertiary/aromatic N) is 1. The second-order valence-corrected chi connectivity index (χ2v) is 6.52. The van der Waals surface area contributed by atoms with Gasteiger partial charge >= 0.3 is 11.8 Å². The van der Waals surface area contributed by atoms with Crippen molar-refractivity contribution in [2.75, 3.05) is 11.9 Å². The first-order valence-corrected chi connectivity index (χ1v) is 7.35. The van der Waals surface area contributed by atoms with E-state index in [4.69, 9.17) is 11.6 Å². The summed E-state index contributed by atoms with van der Waals surface area (Å²) in [6, 6.07) is 3.67. The molecule has 1 N–H and O–H groups in total. The van der Waals surface area contributed by atoms with Crippen molar-refractivity contribution in [1.29, 1.82) is 0 Å². The van der Waals surface area contributed by atoms with E-state index in [-0.39, 0.29) is 0 Å². The number of halogens is 1. The Kier molecular flexibility index (Phi) is 5.40. The van der Waals surface area contributed by atoms with Crippen molar-refractivity contribution in [2.45, 2.75) is 47.1 Å². The number of rotatable bonds is 2. The highest BCUT2D eigenvalue weighted by Crippen LogP contribution is 2.27. The van der Waals surface area contributed by atoms with Crippen LogP contribution in [-0.2, 0) is 9.59 Å². The Bertz CT molecular complexity index is 539. The number of anilines is 1. The number of hydrogen-bond acceptors (Lipinski definition) is 2. The normalized spacial score (nSPS) is 11.2. The van der Waals surface area contributed by atoms with E-state index in [2.05, 4.69) is 5.32 Å². The van der Waals surface area contributed by atoms with Crippen molar-refractivity contribution in [1.82, 2.24) is 4.90 Å². The minimum Gasteiger partial charge on any atom is -0.330 e. The fourth-order valence-electron chi connectivity index (χ4n) is 2.29.